The van der Waals surface area contributed by atoms with Crippen LogP contribution in [0, 0.1) is 0 Å². The summed E-state index contributed by atoms with van der Waals surface area (Å²) in [5, 5.41) is 14.9. The summed E-state index contributed by atoms with van der Waals surface area (Å²) in [6, 6.07) is 13.0. The molecule has 3 N–H and O–H groups in total. The number of benzene rings is 1. The molecule has 5 heteroatoms. The van der Waals surface area contributed by atoms with Gasteiger partial charge in [-0.15, -0.1) is 0 Å². The van der Waals surface area contributed by atoms with E-state index in [1.165, 1.54) is 6.20 Å². The predicted molar refractivity (Wildman–Crippen MR) is 75.9 cm³/mol. The van der Waals surface area contributed by atoms with E-state index in [9.17, 15) is 4.79 Å². The van der Waals surface area contributed by atoms with Crippen LogP contribution in [0.3, 0.4) is 0 Å². The molecule has 0 aliphatic heterocycles. The lowest BCUT2D eigenvalue weighted by Crippen LogP contribution is -2.33. The van der Waals surface area contributed by atoms with Crippen LogP contribution >= 0.6 is 0 Å². The predicted octanol–water partition coefficient (Wildman–Crippen LogP) is 1.19. The molecule has 0 bridgehead atoms. The molecule has 5 nitrogen and oxygen atoms in total. The number of hydrogen-bond donors (Lipinski definition) is 3. The number of nitrogens with zero attached hydrogens (tertiary/aromatic N) is 1. The highest BCUT2D eigenvalue weighted by Gasteiger charge is 2.01. The van der Waals surface area contributed by atoms with Crippen molar-refractivity contribution in [2.24, 2.45) is 0 Å². The van der Waals surface area contributed by atoms with Gasteiger partial charge in [0.15, 0.2) is 0 Å². The monoisotopic (exact) mass is 271 g/mol. The molecule has 0 fully saturated rings. The van der Waals surface area contributed by atoms with Gasteiger partial charge in [0, 0.05) is 13.1 Å². The summed E-state index contributed by atoms with van der Waals surface area (Å²) in [5.74, 6) is 0.0713. The van der Waals surface area contributed by atoms with E-state index in [1.54, 1.807) is 12.1 Å². The van der Waals surface area contributed by atoms with Crippen LogP contribution in [-0.2, 0) is 17.9 Å². The topological polar surface area (TPSA) is 74.2 Å². The van der Waals surface area contributed by atoms with Crippen molar-refractivity contribution >= 4 is 5.91 Å². The number of aromatic hydroxyl groups is 1. The Morgan fingerprint density at radius 2 is 1.90 bits per heavy atom. The van der Waals surface area contributed by atoms with E-state index in [0.717, 1.165) is 11.3 Å². The van der Waals surface area contributed by atoms with Crippen LogP contribution in [0.5, 0.6) is 5.75 Å². The molecule has 0 aliphatic carbocycles. The second-order valence-electron chi connectivity index (χ2n) is 4.37. The average molecular weight is 271 g/mol. The minimum absolute atomic E-state index is 0.0624. The lowest BCUT2D eigenvalue weighted by atomic mass is 10.2. The second-order valence-corrected chi connectivity index (χ2v) is 4.37. The Hall–Kier alpha value is -2.40. The minimum atomic E-state index is -0.0624. The lowest BCUT2D eigenvalue weighted by molar-refractivity contribution is -0.120. The van der Waals surface area contributed by atoms with E-state index in [1.807, 2.05) is 30.3 Å². The number of rotatable bonds is 6. The van der Waals surface area contributed by atoms with Gasteiger partial charge >= 0.3 is 0 Å². The first-order valence-electron chi connectivity index (χ1n) is 6.39. The molecule has 2 rings (SSSR count). The SMILES string of the molecule is O=C(CNCc1ccc(O)cn1)NCc1ccccc1. The Morgan fingerprint density at radius 3 is 2.60 bits per heavy atom. The van der Waals surface area contributed by atoms with E-state index in [-0.39, 0.29) is 18.2 Å². The number of amides is 1. The summed E-state index contributed by atoms with van der Waals surface area (Å²) in [7, 11) is 0. The van der Waals surface area contributed by atoms with Gasteiger partial charge in [0.1, 0.15) is 5.75 Å². The first kappa shape index (κ1) is 14.0. The van der Waals surface area contributed by atoms with Gasteiger partial charge in [-0.05, 0) is 17.7 Å². The van der Waals surface area contributed by atoms with E-state index >= 15 is 0 Å². The van der Waals surface area contributed by atoms with E-state index in [2.05, 4.69) is 15.6 Å². The fourth-order valence-electron chi connectivity index (χ4n) is 1.68. The molecule has 0 atom stereocenters. The van der Waals surface area contributed by atoms with Crippen molar-refractivity contribution < 1.29 is 9.90 Å². The molecule has 0 aliphatic rings. The molecule has 0 unspecified atom stereocenters. The van der Waals surface area contributed by atoms with Crippen LogP contribution in [0.4, 0.5) is 0 Å². The zero-order valence-corrected chi connectivity index (χ0v) is 11.0. The van der Waals surface area contributed by atoms with Crippen molar-refractivity contribution in [2.75, 3.05) is 6.54 Å². The molecular weight excluding hydrogens is 254 g/mol. The molecule has 1 heterocycles. The number of nitrogens with one attached hydrogen (secondary N) is 2. The molecule has 0 spiro atoms. The van der Waals surface area contributed by atoms with E-state index in [4.69, 9.17) is 5.11 Å². The molecular formula is C15H17N3O2. The number of pyridine rings is 1. The Morgan fingerprint density at radius 1 is 1.10 bits per heavy atom. The average Bonchev–Trinajstić information content (AvgIpc) is 2.48. The fourth-order valence-corrected chi connectivity index (χ4v) is 1.68. The summed E-state index contributed by atoms with van der Waals surface area (Å²) < 4.78 is 0. The Balaban J connectivity index is 1.66. The third-order valence-corrected chi connectivity index (χ3v) is 2.73. The van der Waals surface area contributed by atoms with Crippen LogP contribution in [0.2, 0.25) is 0 Å². The molecule has 0 saturated carbocycles. The summed E-state index contributed by atoms with van der Waals surface area (Å²) in [6.45, 7) is 1.24. The third-order valence-electron chi connectivity index (χ3n) is 2.73. The quantitative estimate of drug-likeness (QED) is 0.738. The van der Waals surface area contributed by atoms with Crippen molar-refractivity contribution in [1.29, 1.82) is 0 Å². The second kappa shape index (κ2) is 7.25. The smallest absolute Gasteiger partial charge is 0.234 e. The van der Waals surface area contributed by atoms with Gasteiger partial charge in [-0.2, -0.15) is 0 Å². The van der Waals surface area contributed by atoms with Crippen LogP contribution in [0.15, 0.2) is 48.7 Å². The van der Waals surface area contributed by atoms with Gasteiger partial charge in [-0.3, -0.25) is 9.78 Å². The van der Waals surface area contributed by atoms with Crippen molar-refractivity contribution in [3.05, 3.63) is 59.9 Å². The van der Waals surface area contributed by atoms with Crippen molar-refractivity contribution in [1.82, 2.24) is 15.6 Å². The largest absolute Gasteiger partial charge is 0.506 e. The highest BCUT2D eigenvalue weighted by atomic mass is 16.3. The van der Waals surface area contributed by atoms with Crippen molar-refractivity contribution in [3.8, 4) is 5.75 Å². The maximum Gasteiger partial charge on any atom is 0.234 e. The van der Waals surface area contributed by atoms with E-state index in [0.29, 0.717) is 13.1 Å². The molecule has 0 radical (unpaired) electrons. The van der Waals surface area contributed by atoms with Crippen molar-refractivity contribution in [3.63, 3.8) is 0 Å². The van der Waals surface area contributed by atoms with Crippen LogP contribution < -0.4 is 10.6 Å². The number of carbonyl (C=O) groups is 1. The minimum Gasteiger partial charge on any atom is -0.506 e. The third kappa shape index (κ3) is 4.70. The summed E-state index contributed by atoms with van der Waals surface area (Å²) in [4.78, 5) is 15.7. The highest BCUT2D eigenvalue weighted by Crippen LogP contribution is 2.05. The molecule has 1 aromatic carbocycles. The zero-order chi connectivity index (χ0) is 14.2. The molecule has 1 amide bonds. The Labute approximate surface area is 117 Å². The summed E-state index contributed by atoms with van der Waals surface area (Å²) in [5.41, 5.74) is 1.85. The molecule has 20 heavy (non-hydrogen) atoms. The maximum atomic E-state index is 11.6. The zero-order valence-electron chi connectivity index (χ0n) is 11.0. The van der Waals surface area contributed by atoms with Gasteiger partial charge in [0.05, 0.1) is 18.4 Å². The molecule has 2 aromatic rings. The van der Waals surface area contributed by atoms with Crippen LogP contribution in [0.1, 0.15) is 11.3 Å². The van der Waals surface area contributed by atoms with E-state index < -0.39 is 0 Å². The number of aromatic nitrogens is 1. The van der Waals surface area contributed by atoms with Gasteiger partial charge in [0.25, 0.3) is 0 Å². The maximum absolute atomic E-state index is 11.6. The van der Waals surface area contributed by atoms with Crippen LogP contribution in [-0.4, -0.2) is 22.5 Å². The Bertz CT molecular complexity index is 541. The van der Waals surface area contributed by atoms with Gasteiger partial charge in [-0.25, -0.2) is 0 Å². The van der Waals surface area contributed by atoms with Crippen molar-refractivity contribution in [2.45, 2.75) is 13.1 Å². The molecule has 0 saturated heterocycles. The molecule has 1 aromatic heterocycles. The first-order chi connectivity index (χ1) is 9.74. The Kier molecular flexibility index (Phi) is 5.08. The fraction of sp³-hybridized carbons (Fsp3) is 0.200. The lowest BCUT2D eigenvalue weighted by Gasteiger charge is -2.06. The number of hydrogen-bond acceptors (Lipinski definition) is 4. The van der Waals surface area contributed by atoms with Gasteiger partial charge in [-0.1, -0.05) is 30.3 Å². The highest BCUT2D eigenvalue weighted by molar-refractivity contribution is 5.77. The van der Waals surface area contributed by atoms with Gasteiger partial charge in [0.2, 0.25) is 5.91 Å². The summed E-state index contributed by atoms with van der Waals surface area (Å²) >= 11 is 0. The molecule has 104 valence electrons. The van der Waals surface area contributed by atoms with Gasteiger partial charge < -0.3 is 15.7 Å². The summed E-state index contributed by atoms with van der Waals surface area (Å²) in [6.07, 6.45) is 1.38. The normalized spacial score (nSPS) is 10.2. The standard InChI is InChI=1S/C15H17N3O2/c19-14-7-6-13(17-10-14)9-16-11-15(20)18-8-12-4-2-1-3-5-12/h1-7,10,16,19H,8-9,11H2,(H,18,20). The first-order valence-corrected chi connectivity index (χ1v) is 6.39. The van der Waals surface area contributed by atoms with Crippen LogP contribution in [0.25, 0.3) is 0 Å². The number of carbonyl (C=O) groups excluding carboxylic acids is 1.